The van der Waals surface area contributed by atoms with Crippen molar-refractivity contribution in [3.05, 3.63) is 58.6 Å². The smallest absolute Gasteiger partial charge is 0.255 e. The number of carbonyl (C=O) groups is 1. The van der Waals surface area contributed by atoms with Gasteiger partial charge in [0.25, 0.3) is 5.91 Å². The van der Waals surface area contributed by atoms with Crippen molar-refractivity contribution >= 4 is 33.2 Å². The van der Waals surface area contributed by atoms with Gasteiger partial charge in [0.05, 0.1) is 0 Å². The summed E-state index contributed by atoms with van der Waals surface area (Å²) < 4.78 is 0.904. The molecule has 0 radical (unpaired) electrons. The van der Waals surface area contributed by atoms with E-state index in [2.05, 4.69) is 38.3 Å². The van der Waals surface area contributed by atoms with Gasteiger partial charge >= 0.3 is 0 Å². The molecule has 1 saturated heterocycles. The van der Waals surface area contributed by atoms with Gasteiger partial charge in [-0.3, -0.25) is 4.79 Å². The Labute approximate surface area is 145 Å². The summed E-state index contributed by atoms with van der Waals surface area (Å²) in [6, 6.07) is 15.6. The van der Waals surface area contributed by atoms with E-state index in [-0.39, 0.29) is 5.91 Å². The first-order valence-electron chi connectivity index (χ1n) is 8.14. The van der Waals surface area contributed by atoms with E-state index in [4.69, 9.17) is 0 Å². The van der Waals surface area contributed by atoms with Crippen LogP contribution in [0.5, 0.6) is 0 Å². The number of hydrogen-bond donors (Lipinski definition) is 1. The maximum absolute atomic E-state index is 12.3. The maximum Gasteiger partial charge on any atom is 0.255 e. The topological polar surface area (TPSA) is 32.3 Å². The van der Waals surface area contributed by atoms with Crippen molar-refractivity contribution in [2.75, 3.05) is 23.3 Å². The zero-order valence-electron chi connectivity index (χ0n) is 13.1. The third-order valence-corrected chi connectivity index (χ3v) is 4.68. The molecule has 23 heavy (non-hydrogen) atoms. The van der Waals surface area contributed by atoms with Crippen LogP contribution in [0, 0.1) is 0 Å². The molecule has 3 nitrogen and oxygen atoms in total. The Morgan fingerprint density at radius 1 is 0.957 bits per heavy atom. The van der Waals surface area contributed by atoms with Crippen molar-refractivity contribution in [2.24, 2.45) is 0 Å². The second-order valence-corrected chi connectivity index (χ2v) is 6.83. The fourth-order valence-electron chi connectivity index (χ4n) is 2.92. The number of nitrogens with one attached hydrogen (secondary N) is 1. The molecule has 1 aliphatic heterocycles. The van der Waals surface area contributed by atoms with Crippen LogP contribution in [0.1, 0.15) is 36.0 Å². The standard InChI is InChI=1S/C19H21BrN2O/c20-16-7-5-6-15(14-16)19(23)21-17-8-10-18(11-9-17)22-12-3-1-2-4-13-22/h5-11,14H,1-4,12-13H2,(H,21,23). The van der Waals surface area contributed by atoms with Crippen molar-refractivity contribution in [3.63, 3.8) is 0 Å². The highest BCUT2D eigenvalue weighted by Gasteiger charge is 2.10. The Morgan fingerprint density at radius 2 is 1.65 bits per heavy atom. The molecule has 0 saturated carbocycles. The molecule has 0 aromatic heterocycles. The summed E-state index contributed by atoms with van der Waals surface area (Å²) in [5, 5.41) is 2.95. The molecule has 120 valence electrons. The lowest BCUT2D eigenvalue weighted by Crippen LogP contribution is -2.23. The highest BCUT2D eigenvalue weighted by molar-refractivity contribution is 9.10. The largest absolute Gasteiger partial charge is 0.372 e. The van der Waals surface area contributed by atoms with E-state index in [9.17, 15) is 4.79 Å². The summed E-state index contributed by atoms with van der Waals surface area (Å²) in [7, 11) is 0. The fourth-order valence-corrected chi connectivity index (χ4v) is 3.32. The molecular formula is C19H21BrN2O. The van der Waals surface area contributed by atoms with Crippen LogP contribution in [-0.4, -0.2) is 19.0 Å². The minimum atomic E-state index is -0.0891. The zero-order valence-corrected chi connectivity index (χ0v) is 14.7. The molecule has 0 spiro atoms. The van der Waals surface area contributed by atoms with Crippen molar-refractivity contribution in [1.82, 2.24) is 0 Å². The summed E-state index contributed by atoms with van der Waals surface area (Å²) >= 11 is 3.39. The quantitative estimate of drug-likeness (QED) is 0.814. The number of rotatable bonds is 3. The number of halogens is 1. The van der Waals surface area contributed by atoms with Gasteiger partial charge in [-0.2, -0.15) is 0 Å². The molecule has 2 aromatic rings. The summed E-state index contributed by atoms with van der Waals surface area (Å²) in [6.45, 7) is 2.26. The lowest BCUT2D eigenvalue weighted by atomic mass is 10.2. The van der Waals surface area contributed by atoms with Crippen LogP contribution in [0.4, 0.5) is 11.4 Å². The summed E-state index contributed by atoms with van der Waals surface area (Å²) in [4.78, 5) is 14.7. The number of carbonyl (C=O) groups excluding carboxylic acids is 1. The highest BCUT2D eigenvalue weighted by Crippen LogP contribution is 2.22. The number of nitrogens with zero attached hydrogens (tertiary/aromatic N) is 1. The Balaban J connectivity index is 1.66. The lowest BCUT2D eigenvalue weighted by molar-refractivity contribution is 0.102. The van der Waals surface area contributed by atoms with Crippen LogP contribution < -0.4 is 10.2 Å². The molecule has 1 amide bonds. The third kappa shape index (κ3) is 4.35. The minimum absolute atomic E-state index is 0.0891. The lowest BCUT2D eigenvalue weighted by Gasteiger charge is -2.22. The molecule has 2 aromatic carbocycles. The second-order valence-electron chi connectivity index (χ2n) is 5.91. The maximum atomic E-state index is 12.3. The Hall–Kier alpha value is -1.81. The SMILES string of the molecule is O=C(Nc1ccc(N2CCCCCC2)cc1)c1cccc(Br)c1. The van der Waals surface area contributed by atoms with Gasteiger partial charge in [-0.05, 0) is 55.3 Å². The summed E-state index contributed by atoms with van der Waals surface area (Å²) in [5.41, 5.74) is 2.72. The average molecular weight is 373 g/mol. The van der Waals surface area contributed by atoms with Crippen molar-refractivity contribution < 1.29 is 4.79 Å². The van der Waals surface area contributed by atoms with E-state index in [1.54, 1.807) is 0 Å². The average Bonchev–Trinajstić information content (AvgIpc) is 2.85. The van der Waals surface area contributed by atoms with Gasteiger partial charge in [0.15, 0.2) is 0 Å². The molecule has 3 rings (SSSR count). The van der Waals surface area contributed by atoms with Crippen LogP contribution in [0.2, 0.25) is 0 Å². The van der Waals surface area contributed by atoms with Crippen LogP contribution in [0.25, 0.3) is 0 Å². The molecule has 4 heteroatoms. The Kier molecular flexibility index (Phi) is 5.34. The molecule has 0 atom stereocenters. The normalized spacial score (nSPS) is 15.1. The van der Waals surface area contributed by atoms with Crippen molar-refractivity contribution in [1.29, 1.82) is 0 Å². The minimum Gasteiger partial charge on any atom is -0.372 e. The molecule has 0 bridgehead atoms. The number of anilines is 2. The van der Waals surface area contributed by atoms with E-state index >= 15 is 0 Å². The molecule has 0 aliphatic carbocycles. The van der Waals surface area contributed by atoms with E-state index < -0.39 is 0 Å². The fraction of sp³-hybridized carbons (Fsp3) is 0.316. The van der Waals surface area contributed by atoms with Gasteiger partial charge in [0.1, 0.15) is 0 Å². The Bertz CT molecular complexity index is 661. The van der Waals surface area contributed by atoms with Crippen LogP contribution >= 0.6 is 15.9 Å². The van der Waals surface area contributed by atoms with Crippen LogP contribution in [-0.2, 0) is 0 Å². The van der Waals surface area contributed by atoms with Crippen molar-refractivity contribution in [2.45, 2.75) is 25.7 Å². The Morgan fingerprint density at radius 3 is 2.30 bits per heavy atom. The monoisotopic (exact) mass is 372 g/mol. The third-order valence-electron chi connectivity index (χ3n) is 4.18. The van der Waals surface area contributed by atoms with Gasteiger partial charge < -0.3 is 10.2 Å². The molecule has 1 aliphatic rings. The van der Waals surface area contributed by atoms with E-state index in [0.29, 0.717) is 5.56 Å². The van der Waals surface area contributed by atoms with Crippen LogP contribution in [0.15, 0.2) is 53.0 Å². The summed E-state index contributed by atoms with van der Waals surface area (Å²) in [5.74, 6) is -0.0891. The van der Waals surface area contributed by atoms with E-state index in [1.807, 2.05) is 36.4 Å². The molecule has 0 unspecified atom stereocenters. The molecule has 1 fully saturated rings. The second kappa shape index (κ2) is 7.64. The number of hydrogen-bond acceptors (Lipinski definition) is 2. The first-order chi connectivity index (χ1) is 11.2. The van der Waals surface area contributed by atoms with Gasteiger partial charge in [0.2, 0.25) is 0 Å². The highest BCUT2D eigenvalue weighted by atomic mass is 79.9. The predicted octanol–water partition coefficient (Wildman–Crippen LogP) is 5.08. The molecular weight excluding hydrogens is 352 g/mol. The van der Waals surface area contributed by atoms with Crippen LogP contribution in [0.3, 0.4) is 0 Å². The van der Waals surface area contributed by atoms with Gasteiger partial charge in [-0.15, -0.1) is 0 Å². The first kappa shape index (κ1) is 16.1. The summed E-state index contributed by atoms with van der Waals surface area (Å²) in [6.07, 6.45) is 5.19. The molecule has 1 N–H and O–H groups in total. The first-order valence-corrected chi connectivity index (χ1v) is 8.93. The van der Waals surface area contributed by atoms with E-state index in [0.717, 1.165) is 23.2 Å². The number of amides is 1. The number of benzene rings is 2. The molecule has 1 heterocycles. The van der Waals surface area contributed by atoms with Crippen molar-refractivity contribution in [3.8, 4) is 0 Å². The van der Waals surface area contributed by atoms with Gasteiger partial charge in [-0.25, -0.2) is 0 Å². The van der Waals surface area contributed by atoms with Gasteiger partial charge in [-0.1, -0.05) is 34.8 Å². The van der Waals surface area contributed by atoms with E-state index in [1.165, 1.54) is 31.4 Å². The predicted molar refractivity (Wildman–Crippen MR) is 99.2 cm³/mol. The zero-order chi connectivity index (χ0) is 16.1. The van der Waals surface area contributed by atoms with Gasteiger partial charge in [0, 0.05) is 34.5 Å².